The second-order valence-electron chi connectivity index (χ2n) is 8.10. The molecule has 5 heteroatoms. The first kappa shape index (κ1) is 20.7. The highest BCUT2D eigenvalue weighted by molar-refractivity contribution is 5.30. The molecular weight excluding hydrogens is 372 g/mol. The number of hydrogen-bond donors (Lipinski definition) is 4. The number of aryl methyl sites for hydroxylation is 2. The van der Waals surface area contributed by atoms with Gasteiger partial charge in [0.15, 0.2) is 0 Å². The van der Waals surface area contributed by atoms with Crippen molar-refractivity contribution in [3.63, 3.8) is 0 Å². The van der Waals surface area contributed by atoms with Gasteiger partial charge in [0.05, 0.1) is 0 Å². The van der Waals surface area contributed by atoms with Crippen LogP contribution in [0, 0.1) is 13.8 Å². The number of nitrogens with one attached hydrogen (secondary N) is 2. The molecule has 1 aliphatic heterocycles. The molecule has 0 saturated carbocycles. The van der Waals surface area contributed by atoms with Gasteiger partial charge in [-0.05, 0) is 42.5 Å². The molecule has 1 saturated heterocycles. The molecule has 30 heavy (non-hydrogen) atoms. The van der Waals surface area contributed by atoms with E-state index in [4.69, 9.17) is 16.2 Å². The summed E-state index contributed by atoms with van der Waals surface area (Å²) in [4.78, 5) is 0. The van der Waals surface area contributed by atoms with Gasteiger partial charge in [0.1, 0.15) is 12.5 Å². The Morgan fingerprint density at radius 3 is 1.97 bits per heavy atom. The van der Waals surface area contributed by atoms with E-state index in [1.54, 1.807) is 0 Å². The zero-order chi connectivity index (χ0) is 21.1. The highest BCUT2D eigenvalue weighted by Crippen LogP contribution is 2.32. The number of benzene rings is 3. The fourth-order valence-electron chi connectivity index (χ4n) is 3.82. The molecule has 4 rings (SSSR count). The molecule has 3 aromatic carbocycles. The Morgan fingerprint density at radius 2 is 1.30 bits per heavy atom. The van der Waals surface area contributed by atoms with Crippen LogP contribution in [0.4, 0.5) is 0 Å². The molecule has 0 aromatic heterocycles. The van der Waals surface area contributed by atoms with Gasteiger partial charge in [0.2, 0.25) is 0 Å². The summed E-state index contributed by atoms with van der Waals surface area (Å²) in [5, 5.41) is 0. The van der Waals surface area contributed by atoms with Crippen molar-refractivity contribution in [2.75, 3.05) is 0 Å². The maximum Gasteiger partial charge on any atom is 0.134 e. The molecule has 0 spiro atoms. The van der Waals surface area contributed by atoms with Crippen LogP contribution in [0.1, 0.15) is 64.3 Å². The lowest BCUT2D eigenvalue weighted by molar-refractivity contribution is -0.00836. The fourth-order valence-corrected chi connectivity index (χ4v) is 3.82. The monoisotopic (exact) mass is 402 g/mol. The summed E-state index contributed by atoms with van der Waals surface area (Å²) in [6, 6.07) is 25.4. The number of hydrazine groups is 1. The van der Waals surface area contributed by atoms with Gasteiger partial charge in [0, 0.05) is 12.1 Å². The van der Waals surface area contributed by atoms with E-state index in [-0.39, 0.29) is 12.1 Å². The molecule has 1 aliphatic rings. The summed E-state index contributed by atoms with van der Waals surface area (Å²) in [6.07, 6.45) is -0.198. The number of ether oxygens (including phenoxy) is 1. The lowest BCUT2D eigenvalue weighted by atomic mass is 9.96. The van der Waals surface area contributed by atoms with Crippen LogP contribution in [-0.4, -0.2) is 0 Å². The van der Waals surface area contributed by atoms with Crippen LogP contribution in [0.5, 0.6) is 0 Å². The average molecular weight is 403 g/mol. The zero-order valence-corrected chi connectivity index (χ0v) is 17.5. The minimum absolute atomic E-state index is 0.203. The van der Waals surface area contributed by atoms with E-state index in [2.05, 4.69) is 54.2 Å². The van der Waals surface area contributed by atoms with E-state index in [1.807, 2.05) is 43.3 Å². The molecule has 3 aromatic rings. The van der Waals surface area contributed by atoms with Gasteiger partial charge in [-0.15, -0.1) is 0 Å². The SMILES string of the molecule is Cc1ccc(C2CC(c3cccc(C(N)OC(N)c4ccc(C)cc4)c3)NN2)cc1. The van der Waals surface area contributed by atoms with Crippen LogP contribution in [0.25, 0.3) is 0 Å². The van der Waals surface area contributed by atoms with Gasteiger partial charge in [-0.3, -0.25) is 0 Å². The van der Waals surface area contributed by atoms with Gasteiger partial charge in [-0.2, -0.15) is 0 Å². The maximum atomic E-state index is 6.32. The molecule has 4 atom stereocenters. The summed E-state index contributed by atoms with van der Waals surface area (Å²) in [5.41, 5.74) is 26.1. The molecule has 5 nitrogen and oxygen atoms in total. The molecule has 0 radical (unpaired) electrons. The number of hydrogen-bond acceptors (Lipinski definition) is 5. The molecule has 1 fully saturated rings. The number of nitrogens with two attached hydrogens (primary N) is 2. The first-order valence-corrected chi connectivity index (χ1v) is 10.4. The van der Waals surface area contributed by atoms with Gasteiger partial charge < -0.3 is 16.2 Å². The summed E-state index contributed by atoms with van der Waals surface area (Å²) in [7, 11) is 0. The van der Waals surface area contributed by atoms with Crippen LogP contribution < -0.4 is 22.3 Å². The lowest BCUT2D eigenvalue weighted by Crippen LogP contribution is -2.27. The smallest absolute Gasteiger partial charge is 0.134 e. The Kier molecular flexibility index (Phi) is 6.27. The van der Waals surface area contributed by atoms with E-state index < -0.39 is 12.5 Å². The molecule has 156 valence electrons. The predicted octanol–water partition coefficient (Wildman–Crippen LogP) is 4.22. The predicted molar refractivity (Wildman–Crippen MR) is 120 cm³/mol. The minimum Gasteiger partial charge on any atom is -0.337 e. The van der Waals surface area contributed by atoms with E-state index in [9.17, 15) is 0 Å². The Balaban J connectivity index is 1.42. The third kappa shape index (κ3) is 4.78. The topological polar surface area (TPSA) is 85.3 Å². The third-order valence-corrected chi connectivity index (χ3v) is 5.72. The van der Waals surface area contributed by atoms with Crippen molar-refractivity contribution in [2.24, 2.45) is 11.5 Å². The average Bonchev–Trinajstić information content (AvgIpc) is 3.25. The van der Waals surface area contributed by atoms with Crippen molar-refractivity contribution in [2.45, 2.75) is 44.8 Å². The van der Waals surface area contributed by atoms with Crippen LogP contribution >= 0.6 is 0 Å². The van der Waals surface area contributed by atoms with Crippen LogP contribution in [-0.2, 0) is 4.74 Å². The molecule has 4 unspecified atom stereocenters. The Labute approximate surface area is 178 Å². The van der Waals surface area contributed by atoms with Gasteiger partial charge >= 0.3 is 0 Å². The lowest BCUT2D eigenvalue weighted by Gasteiger charge is -2.21. The molecule has 6 N–H and O–H groups in total. The zero-order valence-electron chi connectivity index (χ0n) is 17.5. The largest absolute Gasteiger partial charge is 0.337 e. The fraction of sp³-hybridized carbons (Fsp3) is 0.280. The Morgan fingerprint density at radius 1 is 0.733 bits per heavy atom. The first-order valence-electron chi connectivity index (χ1n) is 10.4. The van der Waals surface area contributed by atoms with E-state index in [1.165, 1.54) is 22.3 Å². The molecular formula is C25H30N4O. The van der Waals surface area contributed by atoms with Crippen LogP contribution in [0.2, 0.25) is 0 Å². The molecule has 1 heterocycles. The van der Waals surface area contributed by atoms with Crippen molar-refractivity contribution in [3.05, 3.63) is 106 Å². The van der Waals surface area contributed by atoms with E-state index in [0.29, 0.717) is 0 Å². The molecule has 0 aliphatic carbocycles. The minimum atomic E-state index is -0.594. The molecule has 0 bridgehead atoms. The maximum absolute atomic E-state index is 6.32. The Bertz CT molecular complexity index is 971. The first-order chi connectivity index (χ1) is 14.5. The summed E-state index contributed by atoms with van der Waals surface area (Å²) < 4.78 is 5.90. The quantitative estimate of drug-likeness (QED) is 0.464. The van der Waals surface area contributed by atoms with Crippen molar-refractivity contribution < 1.29 is 4.74 Å². The van der Waals surface area contributed by atoms with Crippen molar-refractivity contribution in [1.82, 2.24) is 10.9 Å². The number of rotatable bonds is 6. The van der Waals surface area contributed by atoms with Gasteiger partial charge in [0.25, 0.3) is 0 Å². The molecule has 0 amide bonds. The Hall–Kier alpha value is -2.54. The summed E-state index contributed by atoms with van der Waals surface area (Å²) in [5.74, 6) is 0. The van der Waals surface area contributed by atoms with Gasteiger partial charge in [-0.25, -0.2) is 10.9 Å². The third-order valence-electron chi connectivity index (χ3n) is 5.72. The van der Waals surface area contributed by atoms with Crippen molar-refractivity contribution in [3.8, 4) is 0 Å². The standard InChI is InChI=1S/C25H30N4O/c1-16-6-10-18(11-7-16)22-15-23(29-28-22)20-4-3-5-21(14-20)25(27)30-24(26)19-12-8-17(2)9-13-19/h3-14,22-25,28-29H,15,26-27H2,1-2H3. The van der Waals surface area contributed by atoms with Gasteiger partial charge in [-0.1, -0.05) is 83.9 Å². The second-order valence-corrected chi connectivity index (χ2v) is 8.10. The highest BCUT2D eigenvalue weighted by atomic mass is 16.5. The van der Waals surface area contributed by atoms with E-state index in [0.717, 1.165) is 17.5 Å². The van der Waals surface area contributed by atoms with Crippen molar-refractivity contribution in [1.29, 1.82) is 0 Å². The summed E-state index contributed by atoms with van der Waals surface area (Å²) in [6.45, 7) is 4.15. The van der Waals surface area contributed by atoms with Crippen LogP contribution in [0.15, 0.2) is 72.8 Å². The normalized spacial score (nSPS) is 20.8. The summed E-state index contributed by atoms with van der Waals surface area (Å²) >= 11 is 0. The van der Waals surface area contributed by atoms with Crippen molar-refractivity contribution >= 4 is 0 Å². The second kappa shape index (κ2) is 9.08. The van der Waals surface area contributed by atoms with Crippen LogP contribution in [0.3, 0.4) is 0 Å². The highest BCUT2D eigenvalue weighted by Gasteiger charge is 2.26. The van der Waals surface area contributed by atoms with E-state index >= 15 is 0 Å².